The predicted octanol–water partition coefficient (Wildman–Crippen LogP) is 4.13. The van der Waals surface area contributed by atoms with Crippen molar-refractivity contribution in [2.24, 2.45) is 5.84 Å². The van der Waals surface area contributed by atoms with E-state index in [-0.39, 0.29) is 10.8 Å². The lowest BCUT2D eigenvalue weighted by molar-refractivity contribution is 0.508. The lowest BCUT2D eigenvalue weighted by Crippen LogP contribution is -2.30. The number of hydrogen-bond donors (Lipinski definition) is 2. The summed E-state index contributed by atoms with van der Waals surface area (Å²) in [6.07, 6.45) is 0.385. The Balaban J connectivity index is 2.31. The van der Waals surface area contributed by atoms with Crippen LogP contribution in [0.2, 0.25) is 5.02 Å². The molecule has 2 aromatic rings. The Morgan fingerprint density at radius 2 is 1.95 bits per heavy atom. The van der Waals surface area contributed by atoms with E-state index in [9.17, 15) is 8.78 Å². The fraction of sp³-hybridized carbons (Fsp3) is 0.143. The van der Waals surface area contributed by atoms with E-state index in [1.54, 1.807) is 18.2 Å². The predicted molar refractivity (Wildman–Crippen MR) is 79.3 cm³/mol. The number of benzene rings is 2. The lowest BCUT2D eigenvalue weighted by atomic mass is 9.99. The van der Waals surface area contributed by atoms with Crippen LogP contribution in [0.3, 0.4) is 0 Å². The Kier molecular flexibility index (Phi) is 5.10. The van der Waals surface area contributed by atoms with Gasteiger partial charge in [0.25, 0.3) is 0 Å². The zero-order valence-electron chi connectivity index (χ0n) is 10.3. The summed E-state index contributed by atoms with van der Waals surface area (Å²) >= 11 is 9.05. The minimum atomic E-state index is -0.486. The Morgan fingerprint density at radius 1 is 1.20 bits per heavy atom. The zero-order valence-corrected chi connectivity index (χ0v) is 12.7. The number of nitrogens with two attached hydrogens (primary N) is 1. The first-order chi connectivity index (χ1) is 9.52. The standard InChI is InChI=1S/C14H12BrClF2N2/c15-9-2-1-3-12(18)14(9)13(20-19)7-8-4-5-11(17)10(16)6-8/h1-6,13,20H,7,19H2. The van der Waals surface area contributed by atoms with Crippen molar-refractivity contribution in [2.45, 2.75) is 12.5 Å². The van der Waals surface area contributed by atoms with Gasteiger partial charge >= 0.3 is 0 Å². The molecule has 0 spiro atoms. The number of hydrazine groups is 1. The maximum absolute atomic E-state index is 13.9. The highest BCUT2D eigenvalue weighted by molar-refractivity contribution is 9.10. The van der Waals surface area contributed by atoms with Gasteiger partial charge in [-0.2, -0.15) is 0 Å². The first-order valence-corrected chi connectivity index (χ1v) is 7.04. The van der Waals surface area contributed by atoms with E-state index in [1.807, 2.05) is 0 Å². The fourth-order valence-corrected chi connectivity index (χ4v) is 2.81. The van der Waals surface area contributed by atoms with Crippen LogP contribution < -0.4 is 11.3 Å². The average Bonchev–Trinajstić information content (AvgIpc) is 2.41. The second kappa shape index (κ2) is 6.63. The van der Waals surface area contributed by atoms with Crippen LogP contribution >= 0.6 is 27.5 Å². The van der Waals surface area contributed by atoms with Crippen LogP contribution in [0.15, 0.2) is 40.9 Å². The Labute approximate surface area is 129 Å². The molecule has 0 saturated heterocycles. The summed E-state index contributed by atoms with van der Waals surface area (Å²) in [6.45, 7) is 0. The molecular formula is C14H12BrClF2N2. The first kappa shape index (κ1) is 15.4. The molecule has 0 bridgehead atoms. The van der Waals surface area contributed by atoms with Crippen LogP contribution in [-0.2, 0) is 6.42 Å². The Bertz CT molecular complexity index is 602. The molecule has 0 saturated carbocycles. The van der Waals surface area contributed by atoms with Crippen LogP contribution in [0, 0.1) is 11.6 Å². The maximum Gasteiger partial charge on any atom is 0.141 e. The molecule has 2 rings (SSSR count). The normalized spacial score (nSPS) is 12.4. The molecule has 0 aliphatic carbocycles. The summed E-state index contributed by atoms with van der Waals surface area (Å²) in [5.41, 5.74) is 3.76. The van der Waals surface area contributed by atoms with Crippen LogP contribution in [-0.4, -0.2) is 0 Å². The van der Waals surface area contributed by atoms with Crippen LogP contribution in [0.4, 0.5) is 8.78 Å². The molecule has 6 heteroatoms. The van der Waals surface area contributed by atoms with Crippen molar-refractivity contribution in [2.75, 3.05) is 0 Å². The molecule has 1 unspecified atom stereocenters. The summed E-state index contributed by atoms with van der Waals surface area (Å²) in [6, 6.07) is 8.64. The third-order valence-corrected chi connectivity index (χ3v) is 3.95. The molecule has 0 aromatic heterocycles. The van der Waals surface area contributed by atoms with Crippen molar-refractivity contribution in [3.8, 4) is 0 Å². The second-order valence-corrected chi connectivity index (χ2v) is 5.57. The van der Waals surface area contributed by atoms with Gasteiger partial charge < -0.3 is 0 Å². The van der Waals surface area contributed by atoms with Gasteiger partial charge in [0.2, 0.25) is 0 Å². The van der Waals surface area contributed by atoms with Gasteiger partial charge in [-0.15, -0.1) is 0 Å². The molecule has 0 aliphatic heterocycles. The summed E-state index contributed by atoms with van der Waals surface area (Å²) in [5.74, 6) is 4.66. The van der Waals surface area contributed by atoms with Crippen LogP contribution in [0.25, 0.3) is 0 Å². The largest absolute Gasteiger partial charge is 0.271 e. The molecule has 0 amide bonds. The van der Waals surface area contributed by atoms with Crippen LogP contribution in [0.1, 0.15) is 17.2 Å². The second-order valence-electron chi connectivity index (χ2n) is 4.31. The number of rotatable bonds is 4. The highest BCUT2D eigenvalue weighted by atomic mass is 79.9. The highest BCUT2D eigenvalue weighted by Crippen LogP contribution is 2.29. The maximum atomic E-state index is 13.9. The summed E-state index contributed by atoms with van der Waals surface area (Å²) < 4.78 is 27.7. The molecule has 2 nitrogen and oxygen atoms in total. The van der Waals surface area contributed by atoms with E-state index < -0.39 is 11.9 Å². The van der Waals surface area contributed by atoms with Gasteiger partial charge in [0, 0.05) is 10.0 Å². The molecule has 0 heterocycles. The van der Waals surface area contributed by atoms with E-state index >= 15 is 0 Å². The molecule has 0 aliphatic rings. The van der Waals surface area contributed by atoms with E-state index in [2.05, 4.69) is 21.4 Å². The monoisotopic (exact) mass is 360 g/mol. The number of nitrogens with one attached hydrogen (secondary N) is 1. The van der Waals surface area contributed by atoms with Crippen molar-refractivity contribution in [3.63, 3.8) is 0 Å². The lowest BCUT2D eigenvalue weighted by Gasteiger charge is -2.19. The number of hydrogen-bond acceptors (Lipinski definition) is 2. The minimum Gasteiger partial charge on any atom is -0.271 e. The summed E-state index contributed by atoms with van der Waals surface area (Å²) in [4.78, 5) is 0. The van der Waals surface area contributed by atoms with Gasteiger partial charge in [-0.05, 0) is 36.2 Å². The summed E-state index contributed by atoms with van der Waals surface area (Å²) in [7, 11) is 0. The minimum absolute atomic E-state index is 0.0332. The Hall–Kier alpha value is -1.01. The zero-order chi connectivity index (χ0) is 14.7. The molecular weight excluding hydrogens is 350 g/mol. The average molecular weight is 362 g/mol. The summed E-state index contributed by atoms with van der Waals surface area (Å²) in [5, 5.41) is 0.0332. The molecule has 0 fully saturated rings. The van der Waals surface area contributed by atoms with Gasteiger partial charge in [-0.25, -0.2) is 8.78 Å². The SMILES string of the molecule is NNC(Cc1ccc(F)c(Cl)c1)c1c(F)cccc1Br. The van der Waals surface area contributed by atoms with Gasteiger partial charge in [-0.1, -0.05) is 39.7 Å². The number of halogens is 4. The van der Waals surface area contributed by atoms with E-state index in [0.717, 1.165) is 5.56 Å². The van der Waals surface area contributed by atoms with Crippen molar-refractivity contribution >= 4 is 27.5 Å². The van der Waals surface area contributed by atoms with E-state index in [4.69, 9.17) is 17.4 Å². The van der Waals surface area contributed by atoms with Crippen molar-refractivity contribution < 1.29 is 8.78 Å². The quantitative estimate of drug-likeness (QED) is 0.635. The topological polar surface area (TPSA) is 38.0 Å². The van der Waals surface area contributed by atoms with Gasteiger partial charge in [-0.3, -0.25) is 11.3 Å². The molecule has 0 radical (unpaired) electrons. The fourth-order valence-electron chi connectivity index (χ4n) is 1.99. The molecule has 20 heavy (non-hydrogen) atoms. The van der Waals surface area contributed by atoms with Crippen molar-refractivity contribution in [1.29, 1.82) is 0 Å². The third-order valence-electron chi connectivity index (χ3n) is 2.97. The van der Waals surface area contributed by atoms with Gasteiger partial charge in [0.05, 0.1) is 11.1 Å². The third kappa shape index (κ3) is 3.35. The first-order valence-electron chi connectivity index (χ1n) is 5.87. The molecule has 2 aromatic carbocycles. The molecule has 106 valence electrons. The van der Waals surface area contributed by atoms with E-state index in [0.29, 0.717) is 16.5 Å². The Morgan fingerprint density at radius 3 is 2.55 bits per heavy atom. The van der Waals surface area contributed by atoms with Crippen LogP contribution in [0.5, 0.6) is 0 Å². The van der Waals surface area contributed by atoms with Crippen molar-refractivity contribution in [3.05, 3.63) is 68.7 Å². The molecule has 1 atom stereocenters. The smallest absolute Gasteiger partial charge is 0.141 e. The van der Waals surface area contributed by atoms with E-state index in [1.165, 1.54) is 18.2 Å². The molecule has 3 N–H and O–H groups in total. The van der Waals surface area contributed by atoms with Gasteiger partial charge in [0.1, 0.15) is 11.6 Å². The highest BCUT2D eigenvalue weighted by Gasteiger charge is 2.18. The van der Waals surface area contributed by atoms with Gasteiger partial charge in [0.15, 0.2) is 0 Å². The van der Waals surface area contributed by atoms with Crippen molar-refractivity contribution in [1.82, 2.24) is 5.43 Å².